The smallest absolute Gasteiger partial charge is 0.0163 e. The van der Waals surface area contributed by atoms with E-state index in [1.165, 1.54) is 32.5 Å². The second-order valence-electron chi connectivity index (χ2n) is 3.72. The van der Waals surface area contributed by atoms with Crippen LogP contribution in [0.25, 0.3) is 0 Å². The van der Waals surface area contributed by atoms with Crippen molar-refractivity contribution in [2.45, 2.75) is 12.8 Å². The molecule has 0 amide bonds. The van der Waals surface area contributed by atoms with E-state index in [2.05, 4.69) is 36.0 Å². The van der Waals surface area contributed by atoms with Crippen molar-refractivity contribution in [2.75, 3.05) is 40.3 Å². The molecule has 0 radical (unpaired) electrons. The van der Waals surface area contributed by atoms with Gasteiger partial charge in [0.25, 0.3) is 0 Å². The lowest BCUT2D eigenvalue weighted by molar-refractivity contribution is 0.274. The Labute approximate surface area is 75.8 Å². The molecular weight excluding hydrogens is 148 g/mol. The molecule has 0 aromatic carbocycles. The van der Waals surface area contributed by atoms with Gasteiger partial charge in [-0.2, -0.15) is 0 Å². The molecule has 0 unspecified atom stereocenters. The topological polar surface area (TPSA) is 6.48 Å². The highest BCUT2D eigenvalue weighted by Crippen LogP contribution is 2.01. The normalized spacial score (nSPS) is 18.9. The first-order valence-corrected chi connectivity index (χ1v) is 4.81. The van der Waals surface area contributed by atoms with Crippen LogP contribution in [0.2, 0.25) is 0 Å². The molecule has 1 aliphatic heterocycles. The number of hydrogen-bond donors (Lipinski definition) is 0. The van der Waals surface area contributed by atoms with Crippen LogP contribution in [-0.4, -0.2) is 50.1 Å². The van der Waals surface area contributed by atoms with Gasteiger partial charge in [-0.25, -0.2) is 0 Å². The lowest BCUT2D eigenvalue weighted by atomic mass is 10.2. The minimum absolute atomic E-state index is 1.16. The van der Waals surface area contributed by atoms with E-state index >= 15 is 0 Å². The Hall–Kier alpha value is -0.340. The van der Waals surface area contributed by atoms with Crippen molar-refractivity contribution in [3.8, 4) is 0 Å². The van der Waals surface area contributed by atoms with Crippen molar-refractivity contribution in [2.24, 2.45) is 0 Å². The molecule has 0 aliphatic carbocycles. The van der Waals surface area contributed by atoms with Gasteiger partial charge in [-0.05, 0) is 40.0 Å². The maximum Gasteiger partial charge on any atom is 0.0163 e. The summed E-state index contributed by atoms with van der Waals surface area (Å²) in [6.45, 7) is 4.88. The van der Waals surface area contributed by atoms with Gasteiger partial charge >= 0.3 is 0 Å². The molecule has 0 fully saturated rings. The van der Waals surface area contributed by atoms with E-state index in [0.29, 0.717) is 0 Å². The van der Waals surface area contributed by atoms with Crippen molar-refractivity contribution in [1.29, 1.82) is 0 Å². The Morgan fingerprint density at radius 2 is 2.17 bits per heavy atom. The Balaban J connectivity index is 2.03. The fourth-order valence-electron chi connectivity index (χ4n) is 1.50. The third-order valence-electron chi connectivity index (χ3n) is 2.22. The van der Waals surface area contributed by atoms with Crippen LogP contribution in [0.1, 0.15) is 12.8 Å². The van der Waals surface area contributed by atoms with Gasteiger partial charge in [0, 0.05) is 13.1 Å². The largest absolute Gasteiger partial charge is 0.309 e. The molecular formula is C10H20N2. The third-order valence-corrected chi connectivity index (χ3v) is 2.22. The highest BCUT2D eigenvalue weighted by atomic mass is 15.1. The SMILES string of the molecule is CN(C)CCCN1CC=CCC1. The molecule has 1 rings (SSSR count). The number of nitrogens with zero attached hydrogens (tertiary/aromatic N) is 2. The molecule has 0 aromatic heterocycles. The van der Waals surface area contributed by atoms with Gasteiger partial charge in [-0.1, -0.05) is 12.2 Å². The van der Waals surface area contributed by atoms with E-state index in [1.54, 1.807) is 0 Å². The van der Waals surface area contributed by atoms with Gasteiger partial charge in [-0.15, -0.1) is 0 Å². The lowest BCUT2D eigenvalue weighted by Gasteiger charge is -2.23. The van der Waals surface area contributed by atoms with Crippen molar-refractivity contribution >= 4 is 0 Å². The van der Waals surface area contributed by atoms with Gasteiger partial charge in [0.15, 0.2) is 0 Å². The Morgan fingerprint density at radius 3 is 2.75 bits per heavy atom. The summed E-state index contributed by atoms with van der Waals surface area (Å²) in [7, 11) is 4.27. The second kappa shape index (κ2) is 5.33. The standard InChI is InChI=1S/C10H20N2/c1-11(2)7-6-10-12-8-4-3-5-9-12/h3-4H,5-10H2,1-2H3. The summed E-state index contributed by atoms with van der Waals surface area (Å²) >= 11 is 0. The molecule has 0 aromatic rings. The molecule has 12 heavy (non-hydrogen) atoms. The maximum absolute atomic E-state index is 2.52. The molecule has 0 saturated carbocycles. The first-order valence-electron chi connectivity index (χ1n) is 4.81. The monoisotopic (exact) mass is 168 g/mol. The van der Waals surface area contributed by atoms with Crippen molar-refractivity contribution < 1.29 is 0 Å². The number of hydrogen-bond acceptors (Lipinski definition) is 2. The predicted octanol–water partition coefficient (Wildman–Crippen LogP) is 1.20. The average Bonchev–Trinajstić information content (AvgIpc) is 2.05. The van der Waals surface area contributed by atoms with Gasteiger partial charge in [0.2, 0.25) is 0 Å². The fraction of sp³-hybridized carbons (Fsp3) is 0.800. The van der Waals surface area contributed by atoms with E-state index in [-0.39, 0.29) is 0 Å². The highest BCUT2D eigenvalue weighted by Gasteiger charge is 2.04. The molecule has 1 aliphatic rings. The van der Waals surface area contributed by atoms with E-state index in [9.17, 15) is 0 Å². The average molecular weight is 168 g/mol. The zero-order chi connectivity index (χ0) is 8.81. The minimum Gasteiger partial charge on any atom is -0.309 e. The Kier molecular flexibility index (Phi) is 4.33. The van der Waals surface area contributed by atoms with Gasteiger partial charge in [0.05, 0.1) is 0 Å². The molecule has 0 bridgehead atoms. The van der Waals surface area contributed by atoms with Crippen LogP contribution in [0, 0.1) is 0 Å². The summed E-state index contributed by atoms with van der Waals surface area (Å²) in [5.74, 6) is 0. The highest BCUT2D eigenvalue weighted by molar-refractivity contribution is 4.90. The Morgan fingerprint density at radius 1 is 1.33 bits per heavy atom. The lowest BCUT2D eigenvalue weighted by Crippen LogP contribution is -2.30. The summed E-state index contributed by atoms with van der Waals surface area (Å²) in [5.41, 5.74) is 0. The van der Waals surface area contributed by atoms with Gasteiger partial charge in [0.1, 0.15) is 0 Å². The van der Waals surface area contributed by atoms with Crippen molar-refractivity contribution in [3.05, 3.63) is 12.2 Å². The molecule has 0 N–H and O–H groups in total. The van der Waals surface area contributed by atoms with Crippen LogP contribution in [0.3, 0.4) is 0 Å². The summed E-state index contributed by atoms with van der Waals surface area (Å²) in [6.07, 6.45) is 7.09. The van der Waals surface area contributed by atoms with Crippen LogP contribution in [-0.2, 0) is 0 Å². The minimum atomic E-state index is 1.16. The second-order valence-corrected chi connectivity index (χ2v) is 3.72. The van der Waals surface area contributed by atoms with Gasteiger partial charge in [-0.3, -0.25) is 4.90 Å². The first-order chi connectivity index (χ1) is 5.79. The van der Waals surface area contributed by atoms with Crippen molar-refractivity contribution in [1.82, 2.24) is 9.80 Å². The molecule has 1 heterocycles. The molecule has 70 valence electrons. The zero-order valence-corrected chi connectivity index (χ0v) is 8.29. The van der Waals surface area contributed by atoms with Crippen LogP contribution in [0.5, 0.6) is 0 Å². The Bertz CT molecular complexity index is 141. The third kappa shape index (κ3) is 3.88. The molecule has 0 spiro atoms. The number of rotatable bonds is 4. The van der Waals surface area contributed by atoms with E-state index in [0.717, 1.165) is 6.54 Å². The molecule has 2 heteroatoms. The molecule has 0 saturated heterocycles. The van der Waals surface area contributed by atoms with E-state index in [1.807, 2.05) is 0 Å². The fourth-order valence-corrected chi connectivity index (χ4v) is 1.50. The summed E-state index contributed by atoms with van der Waals surface area (Å²) in [4.78, 5) is 4.77. The first kappa shape index (κ1) is 9.75. The predicted molar refractivity (Wildman–Crippen MR) is 53.4 cm³/mol. The van der Waals surface area contributed by atoms with Crippen molar-refractivity contribution in [3.63, 3.8) is 0 Å². The molecule has 0 atom stereocenters. The van der Waals surface area contributed by atoms with Crippen LogP contribution >= 0.6 is 0 Å². The van der Waals surface area contributed by atoms with Gasteiger partial charge < -0.3 is 4.90 Å². The van der Waals surface area contributed by atoms with E-state index < -0.39 is 0 Å². The summed E-state index contributed by atoms with van der Waals surface area (Å²) < 4.78 is 0. The quantitative estimate of drug-likeness (QED) is 0.582. The van der Waals surface area contributed by atoms with E-state index in [4.69, 9.17) is 0 Å². The molecule has 2 nitrogen and oxygen atoms in total. The van der Waals surface area contributed by atoms with Crippen LogP contribution in [0.4, 0.5) is 0 Å². The van der Waals surface area contributed by atoms with Crippen LogP contribution < -0.4 is 0 Å². The summed E-state index contributed by atoms with van der Waals surface area (Å²) in [6, 6.07) is 0. The maximum atomic E-state index is 2.52. The van der Waals surface area contributed by atoms with Crippen LogP contribution in [0.15, 0.2) is 12.2 Å². The summed E-state index contributed by atoms with van der Waals surface area (Å²) in [5, 5.41) is 0. The zero-order valence-electron chi connectivity index (χ0n) is 8.29.